The number of nitrogens with two attached hydrogens (primary N) is 1. The highest BCUT2D eigenvalue weighted by molar-refractivity contribution is 5.23. The summed E-state index contributed by atoms with van der Waals surface area (Å²) in [5.74, 6) is 0. The number of hydrogen-bond acceptors (Lipinski definition) is 2. The van der Waals surface area contributed by atoms with Crippen molar-refractivity contribution in [1.82, 2.24) is 4.90 Å². The molecule has 0 bridgehead atoms. The normalized spacial score (nSPS) is 14.9. The van der Waals surface area contributed by atoms with Crippen LogP contribution < -0.4 is 5.73 Å². The van der Waals surface area contributed by atoms with Crippen molar-refractivity contribution in [3.05, 3.63) is 35.9 Å². The van der Waals surface area contributed by atoms with Crippen LogP contribution in [0.5, 0.6) is 0 Å². The summed E-state index contributed by atoms with van der Waals surface area (Å²) >= 11 is 0. The van der Waals surface area contributed by atoms with Gasteiger partial charge in [-0.25, -0.2) is 0 Å². The van der Waals surface area contributed by atoms with E-state index in [1.165, 1.54) is 18.4 Å². The van der Waals surface area contributed by atoms with Crippen LogP contribution in [0.1, 0.15) is 39.2 Å². The van der Waals surface area contributed by atoms with E-state index < -0.39 is 0 Å². The molecule has 17 heavy (non-hydrogen) atoms. The van der Waals surface area contributed by atoms with Crippen molar-refractivity contribution in [1.29, 1.82) is 0 Å². The molecular formula is C15H26N2. The third kappa shape index (κ3) is 4.49. The number of hydrogen-bond donors (Lipinski definition) is 1. The average Bonchev–Trinajstić information content (AvgIpc) is 2.30. The molecule has 1 rings (SSSR count). The van der Waals surface area contributed by atoms with Crippen molar-refractivity contribution in [3.8, 4) is 0 Å². The Morgan fingerprint density at radius 3 is 2.06 bits per heavy atom. The van der Waals surface area contributed by atoms with Gasteiger partial charge in [0.1, 0.15) is 0 Å². The minimum Gasteiger partial charge on any atom is -0.321 e. The van der Waals surface area contributed by atoms with Gasteiger partial charge in [0.05, 0.1) is 5.54 Å². The van der Waals surface area contributed by atoms with Crippen molar-refractivity contribution in [2.45, 2.75) is 39.2 Å². The summed E-state index contributed by atoms with van der Waals surface area (Å²) in [7, 11) is 0. The van der Waals surface area contributed by atoms with E-state index >= 15 is 0 Å². The summed E-state index contributed by atoms with van der Waals surface area (Å²) in [6, 6.07) is 10.4. The predicted molar refractivity (Wildman–Crippen MR) is 75.0 cm³/mol. The van der Waals surface area contributed by atoms with E-state index in [1.807, 2.05) is 6.07 Å². The minimum absolute atomic E-state index is 0.258. The lowest BCUT2D eigenvalue weighted by Gasteiger charge is -2.32. The van der Waals surface area contributed by atoms with Gasteiger partial charge >= 0.3 is 0 Å². The van der Waals surface area contributed by atoms with E-state index in [4.69, 9.17) is 5.73 Å². The van der Waals surface area contributed by atoms with Gasteiger partial charge in [-0.2, -0.15) is 0 Å². The Balaban J connectivity index is 2.69. The predicted octanol–water partition coefficient (Wildman–Crippen LogP) is 2.98. The van der Waals surface area contributed by atoms with Crippen LogP contribution >= 0.6 is 0 Å². The Morgan fingerprint density at radius 2 is 1.59 bits per heavy atom. The van der Waals surface area contributed by atoms with Crippen LogP contribution in [0, 0.1) is 0 Å². The molecule has 0 heterocycles. The molecule has 0 fully saturated rings. The zero-order valence-electron chi connectivity index (χ0n) is 11.4. The molecule has 0 radical (unpaired) electrons. The molecule has 0 amide bonds. The van der Waals surface area contributed by atoms with E-state index in [0.29, 0.717) is 0 Å². The standard InChI is InChI=1S/C15H26N2/c1-4-11-17(12-5-2)13-15(3,16)14-9-7-6-8-10-14/h6-10H,4-5,11-13,16H2,1-3H3. The molecule has 0 saturated heterocycles. The highest BCUT2D eigenvalue weighted by Crippen LogP contribution is 2.19. The van der Waals surface area contributed by atoms with Crippen molar-refractivity contribution in [2.75, 3.05) is 19.6 Å². The summed E-state index contributed by atoms with van der Waals surface area (Å²) in [5, 5.41) is 0. The smallest absolute Gasteiger partial charge is 0.0509 e. The molecule has 2 N–H and O–H groups in total. The molecule has 0 spiro atoms. The maximum atomic E-state index is 6.46. The summed E-state index contributed by atoms with van der Waals surface area (Å²) in [4.78, 5) is 2.47. The van der Waals surface area contributed by atoms with E-state index in [9.17, 15) is 0 Å². The van der Waals surface area contributed by atoms with Crippen LogP contribution in [0.25, 0.3) is 0 Å². The molecular weight excluding hydrogens is 208 g/mol. The van der Waals surface area contributed by atoms with Gasteiger partial charge in [0.2, 0.25) is 0 Å². The van der Waals surface area contributed by atoms with E-state index in [1.54, 1.807) is 0 Å². The molecule has 0 saturated carbocycles. The lowest BCUT2D eigenvalue weighted by molar-refractivity contribution is 0.217. The lowest BCUT2D eigenvalue weighted by Crippen LogP contribution is -2.45. The number of benzene rings is 1. The fraction of sp³-hybridized carbons (Fsp3) is 0.600. The summed E-state index contributed by atoms with van der Waals surface area (Å²) in [6.07, 6.45) is 2.37. The molecule has 96 valence electrons. The van der Waals surface area contributed by atoms with Crippen LogP contribution in [0.3, 0.4) is 0 Å². The second kappa shape index (κ2) is 6.77. The zero-order valence-corrected chi connectivity index (χ0v) is 11.4. The molecule has 1 aromatic carbocycles. The molecule has 0 aromatic heterocycles. The largest absolute Gasteiger partial charge is 0.321 e. The SMILES string of the molecule is CCCN(CCC)CC(C)(N)c1ccccc1. The molecule has 0 aliphatic carbocycles. The molecule has 2 nitrogen and oxygen atoms in total. The second-order valence-corrected chi connectivity index (χ2v) is 5.06. The van der Waals surface area contributed by atoms with Gasteiger partial charge in [0, 0.05) is 6.54 Å². The van der Waals surface area contributed by atoms with Gasteiger partial charge < -0.3 is 10.6 Å². The van der Waals surface area contributed by atoms with E-state index in [2.05, 4.69) is 49.9 Å². The summed E-state index contributed by atoms with van der Waals surface area (Å²) < 4.78 is 0. The first-order chi connectivity index (χ1) is 8.10. The van der Waals surface area contributed by atoms with Gasteiger partial charge in [-0.05, 0) is 38.4 Å². The third-order valence-corrected chi connectivity index (χ3v) is 3.06. The van der Waals surface area contributed by atoms with Crippen LogP contribution in [0.2, 0.25) is 0 Å². The highest BCUT2D eigenvalue weighted by Gasteiger charge is 2.23. The van der Waals surface area contributed by atoms with E-state index in [0.717, 1.165) is 19.6 Å². The Hall–Kier alpha value is -0.860. The molecule has 0 aliphatic heterocycles. The van der Waals surface area contributed by atoms with Crippen LogP contribution in [-0.4, -0.2) is 24.5 Å². The lowest BCUT2D eigenvalue weighted by atomic mass is 9.92. The van der Waals surface area contributed by atoms with Gasteiger partial charge in [-0.1, -0.05) is 44.2 Å². The van der Waals surface area contributed by atoms with E-state index in [-0.39, 0.29) is 5.54 Å². The summed E-state index contributed by atoms with van der Waals surface area (Å²) in [6.45, 7) is 9.76. The van der Waals surface area contributed by atoms with Crippen molar-refractivity contribution in [2.24, 2.45) is 5.73 Å². The first-order valence-electron chi connectivity index (χ1n) is 6.67. The maximum absolute atomic E-state index is 6.46. The molecule has 2 heteroatoms. The zero-order chi connectivity index (χ0) is 12.7. The Labute approximate surface area is 106 Å². The van der Waals surface area contributed by atoms with Crippen molar-refractivity contribution in [3.63, 3.8) is 0 Å². The van der Waals surface area contributed by atoms with Crippen molar-refractivity contribution < 1.29 is 0 Å². The average molecular weight is 234 g/mol. The second-order valence-electron chi connectivity index (χ2n) is 5.06. The molecule has 1 unspecified atom stereocenters. The Bertz CT molecular complexity index is 300. The monoisotopic (exact) mass is 234 g/mol. The number of rotatable bonds is 7. The minimum atomic E-state index is -0.258. The molecule has 1 aromatic rings. The summed E-state index contributed by atoms with van der Waals surface area (Å²) in [5.41, 5.74) is 7.42. The Kier molecular flexibility index (Phi) is 5.66. The van der Waals surface area contributed by atoms with Gasteiger partial charge in [0.15, 0.2) is 0 Å². The molecule has 0 aliphatic rings. The highest BCUT2D eigenvalue weighted by atomic mass is 15.1. The topological polar surface area (TPSA) is 29.3 Å². The molecule has 1 atom stereocenters. The van der Waals surface area contributed by atoms with Crippen LogP contribution in [0.4, 0.5) is 0 Å². The van der Waals surface area contributed by atoms with Gasteiger partial charge in [-0.15, -0.1) is 0 Å². The quantitative estimate of drug-likeness (QED) is 0.786. The fourth-order valence-corrected chi connectivity index (χ4v) is 2.28. The Morgan fingerprint density at radius 1 is 1.06 bits per heavy atom. The first-order valence-corrected chi connectivity index (χ1v) is 6.67. The maximum Gasteiger partial charge on any atom is 0.0509 e. The van der Waals surface area contributed by atoms with Crippen molar-refractivity contribution >= 4 is 0 Å². The fourth-order valence-electron chi connectivity index (χ4n) is 2.28. The first kappa shape index (κ1) is 14.2. The third-order valence-electron chi connectivity index (χ3n) is 3.06. The van der Waals surface area contributed by atoms with Crippen LogP contribution in [0.15, 0.2) is 30.3 Å². The van der Waals surface area contributed by atoms with Gasteiger partial charge in [0.25, 0.3) is 0 Å². The number of nitrogens with zero attached hydrogens (tertiary/aromatic N) is 1. The van der Waals surface area contributed by atoms with Crippen LogP contribution in [-0.2, 0) is 5.54 Å². The van der Waals surface area contributed by atoms with Gasteiger partial charge in [-0.3, -0.25) is 0 Å².